The van der Waals surface area contributed by atoms with Crippen molar-refractivity contribution in [1.82, 2.24) is 20.1 Å². The number of aryl methyl sites for hydroxylation is 1. The second-order valence-corrected chi connectivity index (χ2v) is 4.16. The minimum Gasteiger partial charge on any atom is -0.339 e. The van der Waals surface area contributed by atoms with Crippen LogP contribution in [0.1, 0.15) is 12.3 Å². The number of hydrogen-bond acceptors (Lipinski definition) is 6. The number of rotatable bonds is 4. The van der Waals surface area contributed by atoms with Crippen LogP contribution in [0.4, 0.5) is 0 Å². The maximum absolute atomic E-state index is 5.45. The zero-order chi connectivity index (χ0) is 13.1. The van der Waals surface area contributed by atoms with E-state index in [4.69, 9.17) is 10.3 Å². The summed E-state index contributed by atoms with van der Waals surface area (Å²) in [4.78, 5) is 12.8. The first-order chi connectivity index (χ1) is 9.36. The fraction of sp³-hybridized carbons (Fsp3) is 0.231. The summed E-state index contributed by atoms with van der Waals surface area (Å²) in [5.41, 5.74) is 7.98. The molecule has 2 N–H and O–H groups in total. The van der Waals surface area contributed by atoms with Crippen LogP contribution in [0.25, 0.3) is 22.4 Å². The van der Waals surface area contributed by atoms with Crippen molar-refractivity contribution < 1.29 is 4.52 Å². The monoisotopic (exact) mass is 255 g/mol. The third-order valence-electron chi connectivity index (χ3n) is 2.79. The molecule has 1 aromatic carbocycles. The summed E-state index contributed by atoms with van der Waals surface area (Å²) in [5, 5.41) is 3.97. The number of hydrogen-bond donors (Lipinski definition) is 1. The summed E-state index contributed by atoms with van der Waals surface area (Å²) in [5.74, 6) is 1.18. The lowest BCUT2D eigenvalue weighted by Crippen LogP contribution is -2.00. The SMILES string of the molecule is NCCCc1nc(-c2ccc3nccnc3c2)no1. The predicted molar refractivity (Wildman–Crippen MR) is 70.2 cm³/mol. The van der Waals surface area contributed by atoms with Crippen LogP contribution in [-0.2, 0) is 6.42 Å². The molecule has 0 unspecified atom stereocenters. The smallest absolute Gasteiger partial charge is 0.227 e. The van der Waals surface area contributed by atoms with E-state index in [1.54, 1.807) is 12.4 Å². The van der Waals surface area contributed by atoms with E-state index in [1.165, 1.54) is 0 Å². The largest absolute Gasteiger partial charge is 0.339 e. The van der Waals surface area contributed by atoms with E-state index in [9.17, 15) is 0 Å². The Bertz CT molecular complexity index is 694. The van der Waals surface area contributed by atoms with Gasteiger partial charge in [-0.15, -0.1) is 0 Å². The standard InChI is InChI=1S/C13H13N5O/c14-5-1-2-12-17-13(18-19-12)9-3-4-10-11(8-9)16-7-6-15-10/h3-4,6-8H,1-2,5,14H2. The van der Waals surface area contributed by atoms with Crippen molar-refractivity contribution in [2.45, 2.75) is 12.8 Å². The van der Waals surface area contributed by atoms with Crippen molar-refractivity contribution in [3.63, 3.8) is 0 Å². The minimum absolute atomic E-state index is 0.569. The molecular weight excluding hydrogens is 242 g/mol. The quantitative estimate of drug-likeness (QED) is 0.761. The average Bonchev–Trinajstić information content (AvgIpc) is 2.93. The maximum atomic E-state index is 5.45. The van der Waals surface area contributed by atoms with E-state index in [1.807, 2.05) is 18.2 Å². The maximum Gasteiger partial charge on any atom is 0.227 e. The second-order valence-electron chi connectivity index (χ2n) is 4.16. The molecule has 0 amide bonds. The van der Waals surface area contributed by atoms with Crippen molar-refractivity contribution >= 4 is 11.0 Å². The van der Waals surface area contributed by atoms with Gasteiger partial charge in [-0.3, -0.25) is 9.97 Å². The number of aromatic nitrogens is 4. The van der Waals surface area contributed by atoms with Gasteiger partial charge in [0.15, 0.2) is 0 Å². The zero-order valence-electron chi connectivity index (χ0n) is 10.3. The Labute approximate surface area is 109 Å². The molecule has 0 radical (unpaired) electrons. The van der Waals surface area contributed by atoms with Gasteiger partial charge in [-0.05, 0) is 31.2 Å². The van der Waals surface area contributed by atoms with Gasteiger partial charge in [0.05, 0.1) is 11.0 Å². The molecule has 19 heavy (non-hydrogen) atoms. The highest BCUT2D eigenvalue weighted by molar-refractivity contribution is 5.79. The molecule has 0 saturated carbocycles. The van der Waals surface area contributed by atoms with Gasteiger partial charge >= 0.3 is 0 Å². The van der Waals surface area contributed by atoms with Gasteiger partial charge in [0.1, 0.15) is 0 Å². The number of fused-ring (bicyclic) bond motifs is 1. The van der Waals surface area contributed by atoms with Crippen molar-refractivity contribution in [2.24, 2.45) is 5.73 Å². The molecule has 6 nitrogen and oxygen atoms in total. The van der Waals surface area contributed by atoms with Gasteiger partial charge < -0.3 is 10.3 Å². The summed E-state index contributed by atoms with van der Waals surface area (Å²) < 4.78 is 5.18. The van der Waals surface area contributed by atoms with Crippen LogP contribution in [0.3, 0.4) is 0 Å². The number of benzene rings is 1. The molecule has 2 heterocycles. The van der Waals surface area contributed by atoms with Crippen LogP contribution in [0.15, 0.2) is 35.1 Å². The molecule has 0 aliphatic rings. The van der Waals surface area contributed by atoms with Gasteiger partial charge in [-0.2, -0.15) is 4.98 Å². The molecule has 3 rings (SSSR count). The van der Waals surface area contributed by atoms with E-state index >= 15 is 0 Å². The molecule has 0 atom stereocenters. The normalized spacial score (nSPS) is 11.0. The molecule has 0 aliphatic carbocycles. The Hall–Kier alpha value is -2.34. The Balaban J connectivity index is 1.92. The third kappa shape index (κ3) is 2.43. The molecule has 6 heteroatoms. The molecule has 0 bridgehead atoms. The lowest BCUT2D eigenvalue weighted by atomic mass is 10.2. The molecular formula is C13H13N5O. The van der Waals surface area contributed by atoms with Crippen molar-refractivity contribution in [3.8, 4) is 11.4 Å². The van der Waals surface area contributed by atoms with Gasteiger partial charge in [-0.1, -0.05) is 5.16 Å². The number of nitrogens with zero attached hydrogens (tertiary/aromatic N) is 4. The van der Waals surface area contributed by atoms with Crippen LogP contribution in [0.2, 0.25) is 0 Å². The van der Waals surface area contributed by atoms with Gasteiger partial charge in [0.25, 0.3) is 0 Å². The lowest BCUT2D eigenvalue weighted by molar-refractivity contribution is 0.376. The highest BCUT2D eigenvalue weighted by Crippen LogP contribution is 2.20. The van der Waals surface area contributed by atoms with Crippen LogP contribution in [0, 0.1) is 0 Å². The van der Waals surface area contributed by atoms with Crippen molar-refractivity contribution in [3.05, 3.63) is 36.5 Å². The first-order valence-electron chi connectivity index (χ1n) is 6.10. The fourth-order valence-corrected chi connectivity index (χ4v) is 1.83. The topological polar surface area (TPSA) is 90.7 Å². The van der Waals surface area contributed by atoms with Crippen molar-refractivity contribution in [1.29, 1.82) is 0 Å². The van der Waals surface area contributed by atoms with E-state index < -0.39 is 0 Å². The highest BCUT2D eigenvalue weighted by Gasteiger charge is 2.09. The average molecular weight is 255 g/mol. The van der Waals surface area contributed by atoms with E-state index in [2.05, 4.69) is 20.1 Å². The summed E-state index contributed by atoms with van der Waals surface area (Å²) in [6.45, 7) is 0.614. The van der Waals surface area contributed by atoms with Crippen LogP contribution < -0.4 is 5.73 Å². The molecule has 0 fully saturated rings. The van der Waals surface area contributed by atoms with Gasteiger partial charge in [-0.25, -0.2) is 0 Å². The Kier molecular flexibility index (Phi) is 3.16. The molecule has 96 valence electrons. The Morgan fingerprint density at radius 2 is 1.95 bits per heavy atom. The van der Waals surface area contributed by atoms with E-state index in [0.717, 1.165) is 23.0 Å². The first kappa shape index (κ1) is 11.7. The molecule has 2 aromatic heterocycles. The Morgan fingerprint density at radius 3 is 2.79 bits per heavy atom. The van der Waals surface area contributed by atoms with E-state index in [-0.39, 0.29) is 0 Å². The summed E-state index contributed by atoms with van der Waals surface area (Å²) in [7, 11) is 0. The van der Waals surface area contributed by atoms with Gasteiger partial charge in [0.2, 0.25) is 11.7 Å². The summed E-state index contributed by atoms with van der Waals surface area (Å²) in [6.07, 6.45) is 4.87. The van der Waals surface area contributed by atoms with E-state index in [0.29, 0.717) is 24.7 Å². The molecule has 0 spiro atoms. The first-order valence-corrected chi connectivity index (χ1v) is 6.10. The second kappa shape index (κ2) is 5.11. The fourth-order valence-electron chi connectivity index (χ4n) is 1.83. The zero-order valence-corrected chi connectivity index (χ0v) is 10.3. The molecule has 0 saturated heterocycles. The third-order valence-corrected chi connectivity index (χ3v) is 2.79. The minimum atomic E-state index is 0.569. The van der Waals surface area contributed by atoms with Crippen LogP contribution >= 0.6 is 0 Å². The van der Waals surface area contributed by atoms with Crippen LogP contribution in [-0.4, -0.2) is 26.7 Å². The Morgan fingerprint density at radius 1 is 1.11 bits per heavy atom. The summed E-state index contributed by atoms with van der Waals surface area (Å²) in [6, 6.07) is 5.71. The lowest BCUT2D eigenvalue weighted by Gasteiger charge is -1.97. The predicted octanol–water partition coefficient (Wildman–Crippen LogP) is 1.57. The number of nitrogens with two attached hydrogens (primary N) is 1. The molecule has 3 aromatic rings. The van der Waals surface area contributed by atoms with Crippen LogP contribution in [0.5, 0.6) is 0 Å². The highest BCUT2D eigenvalue weighted by atomic mass is 16.5. The summed E-state index contributed by atoms with van der Waals surface area (Å²) >= 11 is 0. The molecule has 0 aliphatic heterocycles. The van der Waals surface area contributed by atoms with Gasteiger partial charge in [0, 0.05) is 24.4 Å². The van der Waals surface area contributed by atoms with Crippen molar-refractivity contribution in [2.75, 3.05) is 6.54 Å².